The van der Waals surface area contributed by atoms with E-state index < -0.39 is 17.5 Å². The number of fused-ring (bicyclic) bond motifs is 1. The zero-order valence-corrected chi connectivity index (χ0v) is 12.9. The zero-order chi connectivity index (χ0) is 15.6. The molecule has 2 rings (SSSR count). The lowest BCUT2D eigenvalue weighted by Gasteiger charge is -2.17. The first-order valence-electron chi connectivity index (χ1n) is 6.42. The van der Waals surface area contributed by atoms with Gasteiger partial charge in [0.15, 0.2) is 0 Å². The fourth-order valence-corrected chi connectivity index (χ4v) is 2.71. The van der Waals surface area contributed by atoms with Gasteiger partial charge in [-0.05, 0) is 49.9 Å². The Morgan fingerprint density at radius 3 is 2.57 bits per heavy atom. The third-order valence-corrected chi connectivity index (χ3v) is 3.66. The van der Waals surface area contributed by atoms with E-state index in [1.165, 1.54) is 17.4 Å². The standard InChI is InChI=1S/C16H16O4S/c1-16(2,3)20-14(17)7-5-10-4-6-11-9-13(15(18)19)21-12(11)8-10/h4-9H,1-3H3,(H,18,19). The number of thiophene rings is 1. The van der Waals surface area contributed by atoms with Crippen LogP contribution in [0, 0.1) is 0 Å². The summed E-state index contributed by atoms with van der Waals surface area (Å²) in [6.45, 7) is 5.43. The van der Waals surface area contributed by atoms with Gasteiger partial charge < -0.3 is 9.84 Å². The van der Waals surface area contributed by atoms with Gasteiger partial charge in [0, 0.05) is 10.8 Å². The molecule has 21 heavy (non-hydrogen) atoms. The third-order valence-electron chi connectivity index (χ3n) is 2.57. The molecule has 0 amide bonds. The number of carbonyl (C=O) groups excluding carboxylic acids is 1. The number of hydrogen-bond donors (Lipinski definition) is 1. The van der Waals surface area contributed by atoms with Crippen molar-refractivity contribution >= 4 is 39.4 Å². The van der Waals surface area contributed by atoms with E-state index in [4.69, 9.17) is 9.84 Å². The van der Waals surface area contributed by atoms with Crippen molar-refractivity contribution in [3.05, 3.63) is 40.8 Å². The maximum atomic E-state index is 11.6. The molecule has 4 nitrogen and oxygen atoms in total. The van der Waals surface area contributed by atoms with Gasteiger partial charge in [-0.25, -0.2) is 9.59 Å². The Bertz CT molecular complexity index is 719. The lowest BCUT2D eigenvalue weighted by atomic mass is 10.1. The summed E-state index contributed by atoms with van der Waals surface area (Å²) in [6, 6.07) is 7.17. The van der Waals surface area contributed by atoms with Gasteiger partial charge in [0.1, 0.15) is 10.5 Å². The minimum Gasteiger partial charge on any atom is -0.477 e. The topological polar surface area (TPSA) is 63.6 Å². The van der Waals surface area contributed by atoms with Crippen molar-refractivity contribution in [2.75, 3.05) is 0 Å². The van der Waals surface area contributed by atoms with Crippen molar-refractivity contribution < 1.29 is 19.4 Å². The highest BCUT2D eigenvalue weighted by Crippen LogP contribution is 2.27. The highest BCUT2D eigenvalue weighted by Gasteiger charge is 2.14. The molecule has 0 saturated carbocycles. The van der Waals surface area contributed by atoms with Gasteiger partial charge in [-0.1, -0.05) is 12.1 Å². The maximum Gasteiger partial charge on any atom is 0.345 e. The first kappa shape index (κ1) is 15.3. The Hall–Kier alpha value is -2.14. The van der Waals surface area contributed by atoms with E-state index in [2.05, 4.69) is 0 Å². The van der Waals surface area contributed by atoms with Crippen molar-refractivity contribution in [2.45, 2.75) is 26.4 Å². The zero-order valence-electron chi connectivity index (χ0n) is 12.0. The second-order valence-corrected chi connectivity index (χ2v) is 6.66. The Morgan fingerprint density at radius 2 is 1.95 bits per heavy atom. The number of ether oxygens (including phenoxy) is 1. The molecular formula is C16H16O4S. The van der Waals surface area contributed by atoms with Gasteiger partial charge in [0.05, 0.1) is 0 Å². The highest BCUT2D eigenvalue weighted by atomic mass is 32.1. The van der Waals surface area contributed by atoms with Crippen LogP contribution >= 0.6 is 11.3 Å². The molecule has 0 aliphatic carbocycles. The third kappa shape index (κ3) is 4.16. The van der Waals surface area contributed by atoms with Crippen molar-refractivity contribution in [1.82, 2.24) is 0 Å². The normalized spacial score (nSPS) is 12.0. The van der Waals surface area contributed by atoms with Crippen LogP contribution in [0.4, 0.5) is 0 Å². The van der Waals surface area contributed by atoms with Gasteiger partial charge in [0.25, 0.3) is 0 Å². The van der Waals surface area contributed by atoms with Crippen molar-refractivity contribution in [3.63, 3.8) is 0 Å². The minimum atomic E-state index is -0.929. The minimum absolute atomic E-state index is 0.304. The fourth-order valence-electron chi connectivity index (χ4n) is 1.76. The number of carboxylic acid groups (broad SMARTS) is 1. The first-order chi connectivity index (χ1) is 9.74. The van der Waals surface area contributed by atoms with E-state index in [9.17, 15) is 9.59 Å². The van der Waals surface area contributed by atoms with E-state index in [0.29, 0.717) is 4.88 Å². The molecule has 1 aromatic carbocycles. The molecule has 1 heterocycles. The molecule has 0 atom stereocenters. The molecule has 0 unspecified atom stereocenters. The van der Waals surface area contributed by atoms with Crippen molar-refractivity contribution in [1.29, 1.82) is 0 Å². The van der Waals surface area contributed by atoms with Crippen LogP contribution in [-0.4, -0.2) is 22.6 Å². The molecule has 0 radical (unpaired) electrons. The molecular weight excluding hydrogens is 288 g/mol. The van der Waals surface area contributed by atoms with E-state index in [1.54, 1.807) is 12.1 Å². The summed E-state index contributed by atoms with van der Waals surface area (Å²) in [6.07, 6.45) is 3.03. The van der Waals surface area contributed by atoms with Gasteiger partial charge in [-0.3, -0.25) is 0 Å². The second kappa shape index (κ2) is 5.69. The van der Waals surface area contributed by atoms with E-state index >= 15 is 0 Å². The average molecular weight is 304 g/mol. The van der Waals surface area contributed by atoms with Crippen LogP contribution in [0.2, 0.25) is 0 Å². The number of rotatable bonds is 3. The summed E-state index contributed by atoms with van der Waals surface area (Å²) in [5, 5.41) is 9.86. The van der Waals surface area contributed by atoms with Crippen LogP contribution < -0.4 is 0 Å². The molecule has 0 bridgehead atoms. The molecule has 0 fully saturated rings. The number of carbonyl (C=O) groups is 2. The summed E-state index contributed by atoms with van der Waals surface area (Å²) < 4.78 is 6.06. The fraction of sp³-hybridized carbons (Fsp3) is 0.250. The summed E-state index contributed by atoms with van der Waals surface area (Å²) in [5.74, 6) is -1.33. The molecule has 5 heteroatoms. The maximum absolute atomic E-state index is 11.6. The molecule has 0 spiro atoms. The van der Waals surface area contributed by atoms with Gasteiger partial charge in [-0.15, -0.1) is 11.3 Å². The predicted molar refractivity (Wildman–Crippen MR) is 83.7 cm³/mol. The Kier molecular flexibility index (Phi) is 4.14. The smallest absolute Gasteiger partial charge is 0.345 e. The number of hydrogen-bond acceptors (Lipinski definition) is 4. The highest BCUT2D eigenvalue weighted by molar-refractivity contribution is 7.20. The number of aromatic carboxylic acids is 1. The van der Waals surface area contributed by atoms with Gasteiger partial charge in [-0.2, -0.15) is 0 Å². The number of esters is 1. The molecule has 0 saturated heterocycles. The number of benzene rings is 1. The largest absolute Gasteiger partial charge is 0.477 e. The average Bonchev–Trinajstić information content (AvgIpc) is 2.77. The molecule has 110 valence electrons. The Morgan fingerprint density at radius 1 is 1.24 bits per heavy atom. The quantitative estimate of drug-likeness (QED) is 0.688. The van der Waals surface area contributed by atoms with Crippen LogP contribution in [0.15, 0.2) is 30.3 Å². The lowest BCUT2D eigenvalue weighted by Crippen LogP contribution is -2.22. The molecule has 1 N–H and O–H groups in total. The SMILES string of the molecule is CC(C)(C)OC(=O)C=Cc1ccc2cc(C(=O)O)sc2c1. The summed E-state index contributed by atoms with van der Waals surface area (Å²) in [7, 11) is 0. The molecule has 0 aliphatic heterocycles. The van der Waals surface area contributed by atoms with Gasteiger partial charge in [0.2, 0.25) is 0 Å². The summed E-state index contributed by atoms with van der Waals surface area (Å²) in [4.78, 5) is 22.8. The Labute approximate surface area is 126 Å². The lowest BCUT2D eigenvalue weighted by molar-refractivity contribution is -0.148. The van der Waals surface area contributed by atoms with Crippen LogP contribution in [0.5, 0.6) is 0 Å². The van der Waals surface area contributed by atoms with Crippen LogP contribution in [0.3, 0.4) is 0 Å². The van der Waals surface area contributed by atoms with Gasteiger partial charge >= 0.3 is 11.9 Å². The number of carboxylic acids is 1. The van der Waals surface area contributed by atoms with Crippen molar-refractivity contribution in [3.8, 4) is 0 Å². The molecule has 1 aromatic heterocycles. The van der Waals surface area contributed by atoms with E-state index in [-0.39, 0.29) is 0 Å². The monoisotopic (exact) mass is 304 g/mol. The molecule has 0 aliphatic rings. The van der Waals surface area contributed by atoms with Crippen molar-refractivity contribution in [2.24, 2.45) is 0 Å². The van der Waals surface area contributed by atoms with Crippen LogP contribution in [0.1, 0.15) is 36.0 Å². The Balaban J connectivity index is 2.19. The predicted octanol–water partition coefficient (Wildman–Crippen LogP) is 3.95. The first-order valence-corrected chi connectivity index (χ1v) is 7.24. The van der Waals surface area contributed by atoms with E-state index in [0.717, 1.165) is 15.6 Å². The van der Waals surface area contributed by atoms with E-state index in [1.807, 2.05) is 39.0 Å². The van der Waals surface area contributed by atoms with Crippen LogP contribution in [-0.2, 0) is 9.53 Å². The second-order valence-electron chi connectivity index (χ2n) is 5.58. The van der Waals surface area contributed by atoms with Crippen LogP contribution in [0.25, 0.3) is 16.2 Å². The molecule has 2 aromatic rings. The summed E-state index contributed by atoms with van der Waals surface area (Å²) in [5.41, 5.74) is 0.308. The summed E-state index contributed by atoms with van der Waals surface area (Å²) >= 11 is 1.21.